The van der Waals surface area contributed by atoms with Gasteiger partial charge in [-0.15, -0.1) is 0 Å². The predicted molar refractivity (Wildman–Crippen MR) is 75.0 cm³/mol. The first-order valence-corrected chi connectivity index (χ1v) is 7.44. The minimum absolute atomic E-state index is 0.0594. The average Bonchev–Trinajstić information content (AvgIpc) is 2.90. The van der Waals surface area contributed by atoms with E-state index in [0.717, 1.165) is 0 Å². The molecule has 1 aromatic carbocycles. The fraction of sp³-hybridized carbons (Fsp3) is 0.500. The Labute approximate surface area is 122 Å². The number of hydrogen-bond acceptors (Lipinski definition) is 3. The molecule has 3 N–H and O–H groups in total. The molecule has 3 fully saturated rings. The summed E-state index contributed by atoms with van der Waals surface area (Å²) in [5, 5.41) is 21.6. The summed E-state index contributed by atoms with van der Waals surface area (Å²) in [5.41, 5.74) is 0.00100. The Morgan fingerprint density at radius 3 is 2.43 bits per heavy atom. The number of rotatable bonds is 3. The van der Waals surface area contributed by atoms with Crippen molar-refractivity contribution in [2.75, 3.05) is 5.32 Å². The number of nitrogens with one attached hydrogen (secondary N) is 1. The number of amides is 1. The molecular formula is C16H17NO4. The first kappa shape index (κ1) is 12.7. The van der Waals surface area contributed by atoms with E-state index in [1.807, 2.05) is 0 Å². The van der Waals surface area contributed by atoms with Crippen molar-refractivity contribution < 1.29 is 19.8 Å². The molecule has 4 unspecified atom stereocenters. The Bertz CT molecular complexity index is 625. The van der Waals surface area contributed by atoms with Crippen molar-refractivity contribution >= 4 is 17.6 Å². The quantitative estimate of drug-likeness (QED) is 0.745. The van der Waals surface area contributed by atoms with Gasteiger partial charge in [-0.2, -0.15) is 0 Å². The Hall–Kier alpha value is -2.04. The highest BCUT2D eigenvalue weighted by Crippen LogP contribution is 2.69. The first-order valence-electron chi connectivity index (χ1n) is 7.44. The minimum atomic E-state index is -1.20. The summed E-state index contributed by atoms with van der Waals surface area (Å²) in [4.78, 5) is 23.4. The highest BCUT2D eigenvalue weighted by molar-refractivity contribution is 5.99. The summed E-state index contributed by atoms with van der Waals surface area (Å²) < 4.78 is 0. The summed E-state index contributed by atoms with van der Waals surface area (Å²) in [6, 6.07) is 4.38. The van der Waals surface area contributed by atoms with Crippen molar-refractivity contribution in [3.8, 4) is 5.75 Å². The lowest BCUT2D eigenvalue weighted by atomic mass is 10.0. The van der Waals surface area contributed by atoms with E-state index >= 15 is 0 Å². The Morgan fingerprint density at radius 1 is 1.14 bits per heavy atom. The SMILES string of the molecule is O=C(O)c1cccc(NC(=O)C2C3C4CCC(C4)C23)c1O. The second kappa shape index (κ2) is 4.23. The highest BCUT2D eigenvalue weighted by atomic mass is 16.4. The van der Waals surface area contributed by atoms with Crippen LogP contribution in [0.2, 0.25) is 0 Å². The molecule has 1 aromatic rings. The van der Waals surface area contributed by atoms with Crippen LogP contribution in [0.1, 0.15) is 29.6 Å². The van der Waals surface area contributed by atoms with E-state index in [1.165, 1.54) is 37.5 Å². The smallest absolute Gasteiger partial charge is 0.339 e. The van der Waals surface area contributed by atoms with Crippen LogP contribution in [0.15, 0.2) is 18.2 Å². The number of carboxylic acids is 1. The third-order valence-electron chi connectivity index (χ3n) is 5.56. The lowest BCUT2D eigenvalue weighted by Crippen LogP contribution is -2.19. The number of anilines is 1. The molecule has 0 heterocycles. The van der Waals surface area contributed by atoms with Crippen LogP contribution in [0.5, 0.6) is 5.75 Å². The average molecular weight is 287 g/mol. The van der Waals surface area contributed by atoms with E-state index < -0.39 is 5.97 Å². The maximum absolute atomic E-state index is 12.4. The van der Waals surface area contributed by atoms with Crippen LogP contribution in [0.4, 0.5) is 5.69 Å². The molecule has 4 atom stereocenters. The molecule has 0 spiro atoms. The van der Waals surface area contributed by atoms with Gasteiger partial charge in [-0.25, -0.2) is 4.79 Å². The normalized spacial score (nSPS) is 35.3. The maximum atomic E-state index is 12.4. The number of phenols is 1. The number of carbonyl (C=O) groups excluding carboxylic acids is 1. The van der Waals surface area contributed by atoms with Crippen LogP contribution in [-0.4, -0.2) is 22.1 Å². The summed E-state index contributed by atoms with van der Waals surface area (Å²) in [5.74, 6) is 0.868. The predicted octanol–water partition coefficient (Wildman–Crippen LogP) is 2.32. The standard InChI is InChI=1S/C16H17NO4/c18-14-9(16(20)21)2-1-3-10(14)17-15(19)13-11-7-4-5-8(6-7)12(11)13/h1-3,7-8,11-13,18H,4-6H2,(H,17,19)(H,20,21). The van der Waals surface area contributed by atoms with Gasteiger partial charge in [0.15, 0.2) is 5.75 Å². The molecule has 0 radical (unpaired) electrons. The molecule has 5 nitrogen and oxygen atoms in total. The van der Waals surface area contributed by atoms with Gasteiger partial charge in [-0.3, -0.25) is 4.79 Å². The van der Waals surface area contributed by atoms with E-state index in [1.54, 1.807) is 0 Å². The number of aromatic carboxylic acids is 1. The number of carboxylic acid groups (broad SMARTS) is 1. The third-order valence-corrected chi connectivity index (χ3v) is 5.56. The van der Waals surface area contributed by atoms with Crippen LogP contribution in [0, 0.1) is 29.6 Å². The fourth-order valence-corrected chi connectivity index (χ4v) is 4.71. The molecule has 2 bridgehead atoms. The Morgan fingerprint density at radius 2 is 1.81 bits per heavy atom. The molecule has 1 amide bonds. The van der Waals surface area contributed by atoms with E-state index in [9.17, 15) is 14.7 Å². The largest absolute Gasteiger partial charge is 0.505 e. The van der Waals surface area contributed by atoms with E-state index in [-0.39, 0.29) is 28.8 Å². The molecular weight excluding hydrogens is 270 g/mol. The molecule has 3 aliphatic rings. The van der Waals surface area contributed by atoms with Crippen molar-refractivity contribution in [1.82, 2.24) is 0 Å². The summed E-state index contributed by atoms with van der Waals surface area (Å²) in [6.45, 7) is 0. The molecule has 3 aliphatic carbocycles. The van der Waals surface area contributed by atoms with Gasteiger partial charge in [0.05, 0.1) is 5.69 Å². The van der Waals surface area contributed by atoms with Crippen LogP contribution in [-0.2, 0) is 4.79 Å². The summed E-state index contributed by atoms with van der Waals surface area (Å²) in [7, 11) is 0. The van der Waals surface area contributed by atoms with Gasteiger partial charge in [0, 0.05) is 5.92 Å². The second-order valence-electron chi connectivity index (χ2n) is 6.51. The van der Waals surface area contributed by atoms with Crippen molar-refractivity contribution in [3.05, 3.63) is 23.8 Å². The van der Waals surface area contributed by atoms with Crippen LogP contribution in [0.3, 0.4) is 0 Å². The van der Waals surface area contributed by atoms with E-state index in [0.29, 0.717) is 23.7 Å². The van der Waals surface area contributed by atoms with Crippen LogP contribution >= 0.6 is 0 Å². The third kappa shape index (κ3) is 1.76. The topological polar surface area (TPSA) is 86.6 Å². The summed E-state index contributed by atoms with van der Waals surface area (Å²) >= 11 is 0. The molecule has 0 saturated heterocycles. The number of aromatic hydroxyl groups is 1. The molecule has 0 aromatic heterocycles. The Kier molecular flexibility index (Phi) is 2.55. The minimum Gasteiger partial charge on any atom is -0.505 e. The van der Waals surface area contributed by atoms with Gasteiger partial charge in [-0.05, 0) is 55.1 Å². The molecule has 110 valence electrons. The maximum Gasteiger partial charge on any atom is 0.339 e. The van der Waals surface area contributed by atoms with Gasteiger partial charge in [-0.1, -0.05) is 6.07 Å². The monoisotopic (exact) mass is 287 g/mol. The van der Waals surface area contributed by atoms with E-state index in [4.69, 9.17) is 5.11 Å². The van der Waals surface area contributed by atoms with Crippen LogP contribution in [0.25, 0.3) is 0 Å². The molecule has 0 aliphatic heterocycles. The highest BCUT2D eigenvalue weighted by Gasteiger charge is 2.67. The van der Waals surface area contributed by atoms with Crippen molar-refractivity contribution in [2.24, 2.45) is 29.6 Å². The number of benzene rings is 1. The fourth-order valence-electron chi connectivity index (χ4n) is 4.71. The van der Waals surface area contributed by atoms with Crippen LogP contribution < -0.4 is 5.32 Å². The Balaban J connectivity index is 1.51. The zero-order valence-electron chi connectivity index (χ0n) is 11.5. The van der Waals surface area contributed by atoms with Crippen molar-refractivity contribution in [3.63, 3.8) is 0 Å². The van der Waals surface area contributed by atoms with Gasteiger partial charge in [0.2, 0.25) is 5.91 Å². The van der Waals surface area contributed by atoms with E-state index in [2.05, 4.69) is 5.32 Å². The number of fused-ring (bicyclic) bond motifs is 5. The molecule has 5 heteroatoms. The van der Waals surface area contributed by atoms with Crippen molar-refractivity contribution in [2.45, 2.75) is 19.3 Å². The van der Waals surface area contributed by atoms with Gasteiger partial charge < -0.3 is 15.5 Å². The number of para-hydroxylation sites is 1. The zero-order valence-corrected chi connectivity index (χ0v) is 11.5. The number of carbonyl (C=O) groups is 2. The molecule has 21 heavy (non-hydrogen) atoms. The number of hydrogen-bond donors (Lipinski definition) is 3. The molecule has 3 saturated carbocycles. The zero-order chi connectivity index (χ0) is 14.7. The summed E-state index contributed by atoms with van der Waals surface area (Å²) in [6.07, 6.45) is 3.77. The van der Waals surface area contributed by atoms with Gasteiger partial charge >= 0.3 is 5.97 Å². The lowest BCUT2D eigenvalue weighted by molar-refractivity contribution is -0.118. The van der Waals surface area contributed by atoms with Gasteiger partial charge in [0.1, 0.15) is 5.56 Å². The first-order chi connectivity index (χ1) is 10.1. The van der Waals surface area contributed by atoms with Gasteiger partial charge in [0.25, 0.3) is 0 Å². The molecule has 4 rings (SSSR count). The second-order valence-corrected chi connectivity index (χ2v) is 6.51. The van der Waals surface area contributed by atoms with Crippen molar-refractivity contribution in [1.29, 1.82) is 0 Å². The lowest BCUT2D eigenvalue weighted by Gasteiger charge is -2.11.